The third kappa shape index (κ3) is 1.63. The van der Waals surface area contributed by atoms with Crippen LogP contribution in [-0.2, 0) is 0 Å². The molecule has 0 aliphatic rings. The molecule has 0 atom stereocenters. The lowest BCUT2D eigenvalue weighted by Gasteiger charge is -2.00. The average Bonchev–Trinajstić information content (AvgIpc) is 2.87. The summed E-state index contributed by atoms with van der Waals surface area (Å²) in [7, 11) is 0. The first-order chi connectivity index (χ1) is 9.43. The van der Waals surface area contributed by atoms with Gasteiger partial charge in [0.25, 0.3) is 0 Å². The van der Waals surface area contributed by atoms with Crippen molar-refractivity contribution in [3.05, 3.63) is 60.9 Å². The molecule has 0 bridgehead atoms. The summed E-state index contributed by atoms with van der Waals surface area (Å²) in [6, 6.07) is 18.6. The highest BCUT2D eigenvalue weighted by molar-refractivity contribution is 7.26. The number of nitrogens with zero attached hydrogens (tertiary/aromatic N) is 2. The highest BCUT2D eigenvalue weighted by Gasteiger charge is 2.11. The van der Waals surface area contributed by atoms with E-state index in [-0.39, 0.29) is 0 Å². The number of fused-ring (bicyclic) bond motifs is 3. The molecule has 2 nitrogen and oxygen atoms in total. The third-order valence-corrected chi connectivity index (χ3v) is 4.37. The quantitative estimate of drug-likeness (QED) is 0.504. The molecule has 0 spiro atoms. The van der Waals surface area contributed by atoms with E-state index < -0.39 is 0 Å². The maximum atomic E-state index is 4.47. The zero-order valence-corrected chi connectivity index (χ0v) is 10.9. The lowest BCUT2D eigenvalue weighted by molar-refractivity contribution is 1.24. The van der Waals surface area contributed by atoms with Gasteiger partial charge in [0.1, 0.15) is 6.33 Å². The Hall–Kier alpha value is -2.26. The van der Waals surface area contributed by atoms with E-state index in [4.69, 9.17) is 0 Å². The smallest absolute Gasteiger partial charge is 0.116 e. The summed E-state index contributed by atoms with van der Waals surface area (Å²) in [4.78, 5) is 8.93. The van der Waals surface area contributed by atoms with E-state index in [1.54, 1.807) is 17.7 Å². The lowest BCUT2D eigenvalue weighted by atomic mass is 10.1. The number of thiophene rings is 1. The highest BCUT2D eigenvalue weighted by atomic mass is 32.1. The van der Waals surface area contributed by atoms with Crippen molar-refractivity contribution >= 4 is 31.6 Å². The van der Waals surface area contributed by atoms with Gasteiger partial charge in [-0.1, -0.05) is 48.5 Å². The molecule has 0 saturated carbocycles. The molecule has 2 aromatic heterocycles. The van der Waals surface area contributed by atoms with Crippen molar-refractivity contribution < 1.29 is 0 Å². The summed E-state index contributed by atoms with van der Waals surface area (Å²) in [6.45, 7) is 0. The molecule has 2 aromatic carbocycles. The number of benzene rings is 2. The molecule has 0 aliphatic carbocycles. The van der Waals surface area contributed by atoms with Crippen LogP contribution in [0.25, 0.3) is 31.6 Å². The molecule has 4 aromatic rings. The van der Waals surface area contributed by atoms with E-state index in [1.807, 2.05) is 18.2 Å². The second-order valence-electron chi connectivity index (χ2n) is 4.36. The van der Waals surface area contributed by atoms with Crippen LogP contribution in [-0.4, -0.2) is 9.97 Å². The first-order valence-electron chi connectivity index (χ1n) is 6.11. The minimum absolute atomic E-state index is 1.02. The maximum absolute atomic E-state index is 4.47. The Morgan fingerprint density at radius 3 is 2.47 bits per heavy atom. The molecule has 0 fully saturated rings. The van der Waals surface area contributed by atoms with Crippen molar-refractivity contribution in [3.63, 3.8) is 0 Å². The number of aromatic nitrogens is 2. The van der Waals surface area contributed by atoms with Crippen molar-refractivity contribution in [1.82, 2.24) is 9.97 Å². The minimum Gasteiger partial charge on any atom is -0.235 e. The van der Waals surface area contributed by atoms with Gasteiger partial charge in [0.05, 0.1) is 15.9 Å². The van der Waals surface area contributed by atoms with Crippen LogP contribution in [0, 0.1) is 0 Å². The van der Waals surface area contributed by atoms with Gasteiger partial charge >= 0.3 is 0 Å². The van der Waals surface area contributed by atoms with Gasteiger partial charge in [-0.15, -0.1) is 11.3 Å². The molecule has 3 heteroatoms. The van der Waals surface area contributed by atoms with Crippen LogP contribution in [0.15, 0.2) is 60.9 Å². The summed E-state index contributed by atoms with van der Waals surface area (Å²) < 4.78 is 2.42. The molecule has 0 radical (unpaired) electrons. The minimum atomic E-state index is 1.02. The third-order valence-electron chi connectivity index (χ3n) is 3.21. The second-order valence-corrected chi connectivity index (χ2v) is 5.42. The van der Waals surface area contributed by atoms with Gasteiger partial charge in [-0.25, -0.2) is 9.97 Å². The molecule has 4 rings (SSSR count). The Kier molecular flexibility index (Phi) is 2.32. The van der Waals surface area contributed by atoms with E-state index >= 15 is 0 Å². The second kappa shape index (κ2) is 4.14. The largest absolute Gasteiger partial charge is 0.235 e. The van der Waals surface area contributed by atoms with Crippen LogP contribution in [0.5, 0.6) is 0 Å². The summed E-state index contributed by atoms with van der Waals surface area (Å²) in [6.07, 6.45) is 1.66. The van der Waals surface area contributed by atoms with Gasteiger partial charge in [-0.3, -0.25) is 0 Å². The monoisotopic (exact) mass is 262 g/mol. The predicted octanol–water partition coefficient (Wildman–Crippen LogP) is 4.51. The van der Waals surface area contributed by atoms with Crippen molar-refractivity contribution in [3.8, 4) is 11.3 Å². The first-order valence-corrected chi connectivity index (χ1v) is 6.93. The molecule has 2 heterocycles. The Balaban J connectivity index is 2.13. The Morgan fingerprint density at radius 2 is 1.58 bits per heavy atom. The fourth-order valence-electron chi connectivity index (χ4n) is 2.33. The first kappa shape index (κ1) is 10.6. The zero-order chi connectivity index (χ0) is 12.7. The molecule has 0 unspecified atom stereocenters. The van der Waals surface area contributed by atoms with E-state index in [1.165, 1.54) is 10.1 Å². The van der Waals surface area contributed by atoms with Gasteiger partial charge in [0, 0.05) is 15.6 Å². The van der Waals surface area contributed by atoms with E-state index in [9.17, 15) is 0 Å². The highest BCUT2D eigenvalue weighted by Crippen LogP contribution is 2.36. The Bertz CT molecular complexity index is 866. The number of hydrogen-bond acceptors (Lipinski definition) is 3. The summed E-state index contributed by atoms with van der Waals surface area (Å²) >= 11 is 1.76. The molecule has 0 saturated heterocycles. The van der Waals surface area contributed by atoms with Crippen LogP contribution >= 0.6 is 11.3 Å². The molecule has 0 N–H and O–H groups in total. The molecular formula is C16H10N2S. The van der Waals surface area contributed by atoms with Crippen molar-refractivity contribution in [1.29, 1.82) is 0 Å². The van der Waals surface area contributed by atoms with E-state index in [2.05, 4.69) is 46.4 Å². The lowest BCUT2D eigenvalue weighted by Crippen LogP contribution is -1.85. The van der Waals surface area contributed by atoms with Crippen molar-refractivity contribution in [2.45, 2.75) is 0 Å². The molecule has 0 amide bonds. The van der Waals surface area contributed by atoms with Crippen LogP contribution in [0.3, 0.4) is 0 Å². The van der Waals surface area contributed by atoms with Crippen LogP contribution in [0.2, 0.25) is 0 Å². The maximum Gasteiger partial charge on any atom is 0.116 e. The number of hydrogen-bond donors (Lipinski definition) is 0. The van der Waals surface area contributed by atoms with Crippen LogP contribution in [0.4, 0.5) is 0 Å². The van der Waals surface area contributed by atoms with E-state index in [0.29, 0.717) is 0 Å². The van der Waals surface area contributed by atoms with Gasteiger partial charge in [0.15, 0.2) is 0 Å². The van der Waals surface area contributed by atoms with Gasteiger partial charge in [-0.05, 0) is 6.07 Å². The van der Waals surface area contributed by atoms with E-state index in [0.717, 1.165) is 21.5 Å². The van der Waals surface area contributed by atoms with Crippen molar-refractivity contribution in [2.24, 2.45) is 0 Å². The van der Waals surface area contributed by atoms with Crippen LogP contribution < -0.4 is 0 Å². The SMILES string of the molecule is c1ccc(-c2ncnc3c2sc2ccccc23)cc1. The molecule has 90 valence electrons. The van der Waals surface area contributed by atoms with Crippen molar-refractivity contribution in [2.75, 3.05) is 0 Å². The van der Waals surface area contributed by atoms with Gasteiger partial charge < -0.3 is 0 Å². The van der Waals surface area contributed by atoms with Gasteiger partial charge in [-0.2, -0.15) is 0 Å². The molecule has 0 aliphatic heterocycles. The number of rotatable bonds is 1. The fraction of sp³-hybridized carbons (Fsp3) is 0. The predicted molar refractivity (Wildman–Crippen MR) is 80.4 cm³/mol. The van der Waals surface area contributed by atoms with Crippen LogP contribution in [0.1, 0.15) is 0 Å². The summed E-state index contributed by atoms with van der Waals surface area (Å²) in [5.41, 5.74) is 3.21. The summed E-state index contributed by atoms with van der Waals surface area (Å²) in [5, 5.41) is 1.21. The normalized spacial score (nSPS) is 11.2. The van der Waals surface area contributed by atoms with Gasteiger partial charge in [0.2, 0.25) is 0 Å². The Labute approximate surface area is 114 Å². The zero-order valence-electron chi connectivity index (χ0n) is 10.1. The fourth-order valence-corrected chi connectivity index (χ4v) is 3.49. The standard InChI is InChI=1S/C16H10N2S/c1-2-6-11(7-3-1)14-16-15(18-10-17-14)12-8-4-5-9-13(12)19-16/h1-10H. The Morgan fingerprint density at radius 1 is 0.789 bits per heavy atom. The average molecular weight is 262 g/mol. The topological polar surface area (TPSA) is 25.8 Å². The summed E-state index contributed by atoms with van der Waals surface area (Å²) in [5.74, 6) is 0. The molecular weight excluding hydrogens is 252 g/mol. The molecule has 19 heavy (non-hydrogen) atoms.